The van der Waals surface area contributed by atoms with E-state index in [9.17, 15) is 14.3 Å². The Balaban J connectivity index is 1.73. The highest BCUT2D eigenvalue weighted by molar-refractivity contribution is 5.86. The lowest BCUT2D eigenvalue weighted by Gasteiger charge is -2.36. The van der Waals surface area contributed by atoms with Crippen LogP contribution in [0.4, 0.5) is 10.1 Å². The Kier molecular flexibility index (Phi) is 3.98. The summed E-state index contributed by atoms with van der Waals surface area (Å²) in [5.41, 5.74) is 1.07. The molecule has 1 unspecified atom stereocenters. The zero-order valence-electron chi connectivity index (χ0n) is 12.5. The highest BCUT2D eigenvalue weighted by Crippen LogP contribution is 2.24. The monoisotopic (exact) mass is 302 g/mol. The van der Waals surface area contributed by atoms with Gasteiger partial charge in [0.25, 0.3) is 5.91 Å². The van der Waals surface area contributed by atoms with Crippen molar-refractivity contribution in [2.24, 2.45) is 0 Å². The van der Waals surface area contributed by atoms with Crippen LogP contribution in [0.15, 0.2) is 36.4 Å². The highest BCUT2D eigenvalue weighted by atomic mass is 19.1. The first-order valence-electron chi connectivity index (χ1n) is 7.46. The molecule has 1 atom stereocenters. The van der Waals surface area contributed by atoms with Gasteiger partial charge in [0.05, 0.1) is 0 Å². The number of hydrogen-bond donors (Lipinski definition) is 1. The van der Waals surface area contributed by atoms with Crippen molar-refractivity contribution >= 4 is 22.4 Å². The summed E-state index contributed by atoms with van der Waals surface area (Å²) in [5.74, 6) is -0.445. The Morgan fingerprint density at radius 2 is 1.73 bits per heavy atom. The molecule has 4 nitrogen and oxygen atoms in total. The lowest BCUT2D eigenvalue weighted by Crippen LogP contribution is -2.51. The fraction of sp³-hybridized carbons (Fsp3) is 0.353. The third kappa shape index (κ3) is 2.90. The van der Waals surface area contributed by atoms with E-state index in [0.717, 1.165) is 29.5 Å². The van der Waals surface area contributed by atoms with E-state index in [1.807, 2.05) is 18.2 Å². The molecule has 3 rings (SSSR count). The van der Waals surface area contributed by atoms with Crippen molar-refractivity contribution in [3.8, 4) is 0 Å². The van der Waals surface area contributed by atoms with Crippen molar-refractivity contribution in [2.45, 2.75) is 13.0 Å². The summed E-state index contributed by atoms with van der Waals surface area (Å²) in [6.07, 6.45) is -0.942. The molecule has 5 heteroatoms. The number of amides is 1. The Morgan fingerprint density at radius 1 is 1.09 bits per heavy atom. The number of hydrogen-bond acceptors (Lipinski definition) is 3. The van der Waals surface area contributed by atoms with Crippen LogP contribution in [-0.2, 0) is 4.79 Å². The van der Waals surface area contributed by atoms with Gasteiger partial charge in [0.2, 0.25) is 0 Å². The SMILES string of the molecule is CC(O)C(=O)N1CCN(c2ccc3cc(F)ccc3c2)CC1. The van der Waals surface area contributed by atoms with Gasteiger partial charge in [0, 0.05) is 31.9 Å². The van der Waals surface area contributed by atoms with Gasteiger partial charge < -0.3 is 14.9 Å². The Labute approximate surface area is 128 Å². The van der Waals surface area contributed by atoms with Crippen LogP contribution in [0.25, 0.3) is 10.8 Å². The van der Waals surface area contributed by atoms with Crippen LogP contribution >= 0.6 is 0 Å². The average molecular weight is 302 g/mol. The molecular formula is C17H19FN2O2. The van der Waals surface area contributed by atoms with Crippen molar-refractivity contribution in [3.63, 3.8) is 0 Å². The maximum atomic E-state index is 13.2. The number of piperazine rings is 1. The molecule has 1 aliphatic heterocycles. The number of benzene rings is 2. The summed E-state index contributed by atoms with van der Waals surface area (Å²) in [6, 6.07) is 10.7. The highest BCUT2D eigenvalue weighted by Gasteiger charge is 2.23. The maximum absolute atomic E-state index is 13.2. The van der Waals surface area contributed by atoms with Gasteiger partial charge in [0.1, 0.15) is 11.9 Å². The molecule has 0 aromatic heterocycles. The third-order valence-corrected chi connectivity index (χ3v) is 4.10. The number of halogens is 1. The van der Waals surface area contributed by atoms with Crippen molar-refractivity contribution in [1.82, 2.24) is 4.90 Å². The quantitative estimate of drug-likeness (QED) is 0.923. The average Bonchev–Trinajstić information content (AvgIpc) is 2.53. The standard InChI is InChI=1S/C17H19FN2O2/c1-12(21)17(22)20-8-6-19(7-9-20)16-5-3-13-10-15(18)4-2-14(13)11-16/h2-5,10-12,21H,6-9H2,1H3. The van der Waals surface area contributed by atoms with Crippen molar-refractivity contribution < 1.29 is 14.3 Å². The second-order valence-electron chi connectivity index (χ2n) is 5.66. The van der Waals surface area contributed by atoms with Gasteiger partial charge in [-0.05, 0) is 42.0 Å². The number of nitrogens with zero attached hydrogens (tertiary/aromatic N) is 2. The van der Waals surface area contributed by atoms with Crippen LogP contribution in [0.5, 0.6) is 0 Å². The molecule has 1 heterocycles. The van der Waals surface area contributed by atoms with E-state index in [0.29, 0.717) is 13.1 Å². The molecule has 2 aromatic rings. The second kappa shape index (κ2) is 5.93. The van der Waals surface area contributed by atoms with Gasteiger partial charge in [-0.15, -0.1) is 0 Å². The van der Waals surface area contributed by atoms with E-state index in [2.05, 4.69) is 4.90 Å². The first kappa shape index (κ1) is 14.8. The van der Waals surface area contributed by atoms with Crippen LogP contribution in [0, 0.1) is 5.82 Å². The van der Waals surface area contributed by atoms with Crippen molar-refractivity contribution in [1.29, 1.82) is 0 Å². The first-order valence-corrected chi connectivity index (χ1v) is 7.46. The largest absolute Gasteiger partial charge is 0.384 e. The predicted octanol–water partition coefficient (Wildman–Crippen LogP) is 2.01. The van der Waals surface area contributed by atoms with E-state index >= 15 is 0 Å². The number of aliphatic hydroxyl groups is 1. The lowest BCUT2D eigenvalue weighted by atomic mass is 10.1. The summed E-state index contributed by atoms with van der Waals surface area (Å²) in [4.78, 5) is 15.7. The summed E-state index contributed by atoms with van der Waals surface area (Å²) < 4.78 is 13.2. The Hall–Kier alpha value is -2.14. The van der Waals surface area contributed by atoms with Crippen molar-refractivity contribution in [3.05, 3.63) is 42.2 Å². The van der Waals surface area contributed by atoms with Crippen LogP contribution in [0.2, 0.25) is 0 Å². The molecule has 0 saturated carbocycles. The summed E-state index contributed by atoms with van der Waals surface area (Å²) >= 11 is 0. The number of carbonyl (C=O) groups is 1. The van der Waals surface area contributed by atoms with E-state index < -0.39 is 6.10 Å². The summed E-state index contributed by atoms with van der Waals surface area (Å²) in [6.45, 7) is 4.16. The van der Waals surface area contributed by atoms with Gasteiger partial charge in [0.15, 0.2) is 0 Å². The molecule has 1 N–H and O–H groups in total. The number of carbonyl (C=O) groups excluding carboxylic acids is 1. The first-order chi connectivity index (χ1) is 10.5. The molecule has 1 fully saturated rings. The van der Waals surface area contributed by atoms with Crippen LogP contribution in [0.3, 0.4) is 0 Å². The number of aliphatic hydroxyl groups excluding tert-OH is 1. The Bertz CT molecular complexity index is 694. The molecular weight excluding hydrogens is 283 g/mol. The second-order valence-corrected chi connectivity index (χ2v) is 5.66. The maximum Gasteiger partial charge on any atom is 0.251 e. The van der Waals surface area contributed by atoms with Crippen LogP contribution < -0.4 is 4.90 Å². The lowest BCUT2D eigenvalue weighted by molar-refractivity contribution is -0.139. The molecule has 1 amide bonds. The van der Waals surface area contributed by atoms with Gasteiger partial charge >= 0.3 is 0 Å². The van der Waals surface area contributed by atoms with Gasteiger partial charge in [-0.25, -0.2) is 4.39 Å². The van der Waals surface area contributed by atoms with E-state index in [1.54, 1.807) is 11.0 Å². The number of anilines is 1. The molecule has 0 aliphatic carbocycles. The minimum Gasteiger partial charge on any atom is -0.384 e. The Morgan fingerprint density at radius 3 is 2.41 bits per heavy atom. The van der Waals surface area contributed by atoms with Gasteiger partial charge in [-0.3, -0.25) is 4.79 Å². The topological polar surface area (TPSA) is 43.8 Å². The molecule has 1 aliphatic rings. The molecule has 1 saturated heterocycles. The molecule has 116 valence electrons. The summed E-state index contributed by atoms with van der Waals surface area (Å²) in [7, 11) is 0. The van der Waals surface area contributed by atoms with Gasteiger partial charge in [-0.1, -0.05) is 12.1 Å². The zero-order valence-corrected chi connectivity index (χ0v) is 12.5. The number of fused-ring (bicyclic) bond motifs is 1. The molecule has 2 aromatic carbocycles. The molecule has 22 heavy (non-hydrogen) atoms. The van der Waals surface area contributed by atoms with Crippen LogP contribution in [-0.4, -0.2) is 48.2 Å². The van der Waals surface area contributed by atoms with Gasteiger partial charge in [-0.2, -0.15) is 0 Å². The third-order valence-electron chi connectivity index (χ3n) is 4.10. The van der Waals surface area contributed by atoms with Crippen molar-refractivity contribution in [2.75, 3.05) is 31.1 Å². The zero-order chi connectivity index (χ0) is 15.7. The smallest absolute Gasteiger partial charge is 0.251 e. The van der Waals surface area contributed by atoms with E-state index in [1.165, 1.54) is 19.1 Å². The molecule has 0 radical (unpaired) electrons. The molecule has 0 spiro atoms. The number of rotatable bonds is 2. The fourth-order valence-electron chi connectivity index (χ4n) is 2.85. The van der Waals surface area contributed by atoms with E-state index in [-0.39, 0.29) is 11.7 Å². The van der Waals surface area contributed by atoms with Crippen LogP contribution in [0.1, 0.15) is 6.92 Å². The minimum absolute atomic E-state index is 0.214. The van der Waals surface area contributed by atoms with E-state index in [4.69, 9.17) is 0 Å². The normalized spacial score (nSPS) is 16.9. The molecule has 0 bridgehead atoms. The minimum atomic E-state index is -0.942. The predicted molar refractivity (Wildman–Crippen MR) is 84.4 cm³/mol. The fourth-order valence-corrected chi connectivity index (χ4v) is 2.85. The summed E-state index contributed by atoms with van der Waals surface area (Å²) in [5, 5.41) is 11.2.